The van der Waals surface area contributed by atoms with Crippen molar-refractivity contribution in [3.8, 4) is 16.9 Å². The summed E-state index contributed by atoms with van der Waals surface area (Å²) < 4.78 is 66.5. The van der Waals surface area contributed by atoms with Gasteiger partial charge in [-0.05, 0) is 79.3 Å². The summed E-state index contributed by atoms with van der Waals surface area (Å²) in [7, 11) is -3.84. The minimum Gasteiger partial charge on any atom is -0.489 e. The highest BCUT2D eigenvalue weighted by Gasteiger charge is 2.41. The van der Waals surface area contributed by atoms with Gasteiger partial charge >= 0.3 is 5.97 Å². The van der Waals surface area contributed by atoms with Crippen molar-refractivity contribution in [2.75, 3.05) is 30.7 Å². The smallest absolute Gasteiger partial charge is 0.314 e. The summed E-state index contributed by atoms with van der Waals surface area (Å²) >= 11 is 0. The average Bonchev–Trinajstić information content (AvgIpc) is 3.74. The van der Waals surface area contributed by atoms with Crippen molar-refractivity contribution < 1.29 is 36.6 Å². The zero-order valence-electron chi connectivity index (χ0n) is 20.7. The summed E-state index contributed by atoms with van der Waals surface area (Å²) in [5.41, 5.74) is 1.21. The Hall–Kier alpha value is -3.50. The van der Waals surface area contributed by atoms with Gasteiger partial charge in [0.1, 0.15) is 29.4 Å². The van der Waals surface area contributed by atoms with E-state index in [0.29, 0.717) is 36.1 Å². The van der Waals surface area contributed by atoms with E-state index in [1.54, 1.807) is 37.3 Å². The molecule has 3 aromatic rings. The van der Waals surface area contributed by atoms with Crippen LogP contribution >= 0.6 is 0 Å². The van der Waals surface area contributed by atoms with Gasteiger partial charge in [0.05, 0.1) is 30.3 Å². The Kier molecular flexibility index (Phi) is 6.87. The zero-order valence-corrected chi connectivity index (χ0v) is 21.5. The standard InChI is InChI=1S/C23H19F2NO3S.C5H8O3/c24-18-7-8-21(25)20(14-18)17-6-9-23-22(13-17)26(10-11-29-23)30(27,28)19-3-1-2-16(12-19)15-4-5-15;1-5(4(6)7)2-8-3-5/h1-3,6-9,12-15H,4-5,10-11H2;2-3H2,1H3,(H,6,7). The first-order valence-electron chi connectivity index (χ1n) is 12.2. The van der Waals surface area contributed by atoms with Crippen LogP contribution in [-0.2, 0) is 19.6 Å². The van der Waals surface area contributed by atoms with Crippen molar-refractivity contribution in [3.05, 3.63) is 77.9 Å². The summed E-state index contributed by atoms with van der Waals surface area (Å²) in [5.74, 6) is -1.09. The maximum Gasteiger partial charge on any atom is 0.314 e. The fraction of sp³-hybridized carbons (Fsp3) is 0.321. The lowest BCUT2D eigenvalue weighted by molar-refractivity contribution is -0.175. The molecule has 0 unspecified atom stereocenters. The van der Waals surface area contributed by atoms with Crippen LogP contribution in [0.1, 0.15) is 31.2 Å². The maximum atomic E-state index is 14.3. The molecule has 1 saturated carbocycles. The first-order chi connectivity index (χ1) is 18.1. The third-order valence-corrected chi connectivity index (χ3v) is 8.68. The molecule has 0 atom stereocenters. The third kappa shape index (κ3) is 5.10. The SMILES string of the molecule is CC1(C(=O)O)COC1.O=S(=O)(c1cccc(C2CC2)c1)N1CCOc2ccc(-c3cc(F)ccc3F)cc21. The number of rotatable bonds is 5. The van der Waals surface area contributed by atoms with Gasteiger partial charge in [-0.2, -0.15) is 0 Å². The molecular formula is C28H27F2NO6S. The van der Waals surface area contributed by atoms with Crippen molar-refractivity contribution in [1.82, 2.24) is 0 Å². The quantitative estimate of drug-likeness (QED) is 0.475. The number of benzene rings is 3. The van der Waals surface area contributed by atoms with E-state index >= 15 is 0 Å². The molecule has 1 N–H and O–H groups in total. The Morgan fingerprint density at radius 1 is 1.05 bits per heavy atom. The lowest BCUT2D eigenvalue weighted by Crippen LogP contribution is -2.46. The van der Waals surface area contributed by atoms with E-state index in [4.69, 9.17) is 14.6 Å². The fourth-order valence-electron chi connectivity index (χ4n) is 4.33. The Morgan fingerprint density at radius 2 is 1.82 bits per heavy atom. The number of sulfonamides is 1. The van der Waals surface area contributed by atoms with Crippen LogP contribution in [0.25, 0.3) is 11.1 Å². The van der Waals surface area contributed by atoms with Crippen molar-refractivity contribution in [2.24, 2.45) is 5.41 Å². The molecule has 0 spiro atoms. The van der Waals surface area contributed by atoms with Gasteiger partial charge in [-0.15, -0.1) is 0 Å². The van der Waals surface area contributed by atoms with Gasteiger partial charge in [0.2, 0.25) is 0 Å². The maximum absolute atomic E-state index is 14.3. The highest BCUT2D eigenvalue weighted by Crippen LogP contribution is 2.42. The summed E-state index contributed by atoms with van der Waals surface area (Å²) in [4.78, 5) is 10.4. The Morgan fingerprint density at radius 3 is 2.45 bits per heavy atom. The molecule has 38 heavy (non-hydrogen) atoms. The number of carboxylic acids is 1. The fourth-order valence-corrected chi connectivity index (χ4v) is 5.84. The molecule has 3 aliphatic rings. The van der Waals surface area contributed by atoms with Crippen molar-refractivity contribution in [2.45, 2.75) is 30.6 Å². The van der Waals surface area contributed by atoms with E-state index < -0.39 is 33.0 Å². The lowest BCUT2D eigenvalue weighted by atomic mass is 9.89. The molecule has 3 aromatic carbocycles. The molecule has 0 radical (unpaired) electrons. The molecule has 2 heterocycles. The predicted molar refractivity (Wildman–Crippen MR) is 137 cm³/mol. The largest absolute Gasteiger partial charge is 0.489 e. The normalized spacial score (nSPS) is 17.8. The monoisotopic (exact) mass is 543 g/mol. The highest BCUT2D eigenvalue weighted by atomic mass is 32.2. The molecule has 0 bridgehead atoms. The summed E-state index contributed by atoms with van der Waals surface area (Å²) in [6.07, 6.45) is 2.15. The minimum absolute atomic E-state index is 0.0662. The lowest BCUT2D eigenvalue weighted by Gasteiger charge is -2.33. The number of aliphatic carboxylic acids is 1. The van der Waals surface area contributed by atoms with Gasteiger partial charge in [-0.1, -0.05) is 18.2 Å². The van der Waals surface area contributed by atoms with E-state index in [0.717, 1.165) is 36.6 Å². The van der Waals surface area contributed by atoms with Crippen LogP contribution in [0.3, 0.4) is 0 Å². The van der Waals surface area contributed by atoms with Crippen molar-refractivity contribution in [1.29, 1.82) is 0 Å². The van der Waals surface area contributed by atoms with Crippen LogP contribution < -0.4 is 9.04 Å². The molecule has 7 nitrogen and oxygen atoms in total. The summed E-state index contributed by atoms with van der Waals surface area (Å²) in [6, 6.07) is 15.0. The van der Waals surface area contributed by atoms with Crippen LogP contribution in [-0.4, -0.2) is 45.9 Å². The van der Waals surface area contributed by atoms with Gasteiger partial charge in [-0.25, -0.2) is 17.2 Å². The van der Waals surface area contributed by atoms with Crippen LogP contribution in [0.4, 0.5) is 14.5 Å². The van der Waals surface area contributed by atoms with Crippen molar-refractivity contribution >= 4 is 21.7 Å². The molecular weight excluding hydrogens is 516 g/mol. The molecule has 10 heteroatoms. The second-order valence-corrected chi connectivity index (χ2v) is 11.8. The first kappa shape index (κ1) is 26.1. The van der Waals surface area contributed by atoms with E-state index in [1.807, 2.05) is 6.07 Å². The van der Waals surface area contributed by atoms with Gasteiger partial charge in [0, 0.05) is 5.56 Å². The molecule has 1 saturated heterocycles. The number of ether oxygens (including phenoxy) is 2. The number of halogens is 2. The number of hydrogen-bond acceptors (Lipinski definition) is 5. The number of hydrogen-bond donors (Lipinski definition) is 1. The second-order valence-electron chi connectivity index (χ2n) is 9.94. The van der Waals surface area contributed by atoms with Crippen LogP contribution in [0.2, 0.25) is 0 Å². The highest BCUT2D eigenvalue weighted by molar-refractivity contribution is 7.92. The summed E-state index contributed by atoms with van der Waals surface area (Å²) in [6.45, 7) is 2.75. The summed E-state index contributed by atoms with van der Waals surface area (Å²) in [5, 5.41) is 8.41. The Bertz CT molecular complexity index is 1480. The predicted octanol–water partition coefficient (Wildman–Crippen LogP) is 5.20. The molecule has 1 aliphatic carbocycles. The molecule has 6 rings (SSSR count). The second kappa shape index (κ2) is 9.99. The van der Waals surface area contributed by atoms with E-state index in [-0.39, 0.29) is 23.6 Å². The van der Waals surface area contributed by atoms with Crippen molar-refractivity contribution in [3.63, 3.8) is 0 Å². The van der Waals surface area contributed by atoms with Gasteiger partial charge in [-0.3, -0.25) is 9.10 Å². The minimum atomic E-state index is -3.84. The number of carboxylic acid groups (broad SMARTS) is 1. The van der Waals surface area contributed by atoms with Gasteiger partial charge < -0.3 is 14.6 Å². The molecule has 0 aromatic heterocycles. The zero-order chi connectivity index (χ0) is 27.1. The third-order valence-electron chi connectivity index (χ3n) is 6.87. The van der Waals surface area contributed by atoms with Gasteiger partial charge in [0.25, 0.3) is 10.0 Å². The molecule has 2 aliphatic heterocycles. The Labute approximate surface area is 219 Å². The molecule has 0 amide bonds. The van der Waals surface area contributed by atoms with E-state index in [9.17, 15) is 22.0 Å². The number of fused-ring (bicyclic) bond motifs is 1. The number of anilines is 1. The van der Waals surface area contributed by atoms with Gasteiger partial charge in [0.15, 0.2) is 0 Å². The number of carbonyl (C=O) groups is 1. The first-order valence-corrected chi connectivity index (χ1v) is 13.7. The van der Waals surface area contributed by atoms with Crippen LogP contribution in [0.5, 0.6) is 5.75 Å². The van der Waals surface area contributed by atoms with Crippen LogP contribution in [0.15, 0.2) is 65.6 Å². The molecule has 200 valence electrons. The topological polar surface area (TPSA) is 93.1 Å². The van der Waals surface area contributed by atoms with E-state index in [2.05, 4.69) is 0 Å². The van der Waals surface area contributed by atoms with E-state index in [1.165, 1.54) is 10.4 Å². The average molecular weight is 544 g/mol. The Balaban J connectivity index is 0.000000316. The molecule has 2 fully saturated rings. The number of nitrogens with zero attached hydrogens (tertiary/aromatic N) is 1. The van der Waals surface area contributed by atoms with Crippen LogP contribution in [0, 0.1) is 17.0 Å².